The summed E-state index contributed by atoms with van der Waals surface area (Å²) in [5, 5.41) is 0. The highest BCUT2D eigenvalue weighted by atomic mass is 16.6. The molecule has 1 aliphatic rings. The molecule has 6 heteroatoms. The van der Waals surface area contributed by atoms with Crippen molar-refractivity contribution in [3.8, 4) is 0 Å². The number of carbonyl (C=O) groups is 2. The molecule has 0 spiro atoms. The second kappa shape index (κ2) is 6.01. The van der Waals surface area contributed by atoms with E-state index in [-0.39, 0.29) is 0 Å². The third kappa shape index (κ3) is 2.86. The van der Waals surface area contributed by atoms with E-state index in [1.165, 1.54) is 6.92 Å². The minimum atomic E-state index is -1.05. The number of benzene rings is 1. The van der Waals surface area contributed by atoms with Crippen molar-refractivity contribution in [1.82, 2.24) is 9.55 Å². The molecule has 1 aliphatic heterocycles. The van der Waals surface area contributed by atoms with E-state index >= 15 is 0 Å². The Labute approximate surface area is 127 Å². The van der Waals surface area contributed by atoms with Gasteiger partial charge in [-0.3, -0.25) is 4.79 Å². The Morgan fingerprint density at radius 3 is 2.82 bits per heavy atom. The summed E-state index contributed by atoms with van der Waals surface area (Å²) < 4.78 is 12.6. The van der Waals surface area contributed by atoms with Crippen LogP contribution in [-0.2, 0) is 25.6 Å². The summed E-state index contributed by atoms with van der Waals surface area (Å²) in [5.74, 6) is -0.385. The van der Waals surface area contributed by atoms with Crippen LogP contribution in [0.2, 0.25) is 0 Å². The second-order valence-corrected chi connectivity index (χ2v) is 5.09. The molecule has 0 unspecified atom stereocenters. The molecule has 114 valence electrons. The van der Waals surface area contributed by atoms with Crippen LogP contribution in [0.15, 0.2) is 42.7 Å². The number of ether oxygens (including phenoxy) is 2. The monoisotopic (exact) mass is 300 g/mol. The van der Waals surface area contributed by atoms with Crippen LogP contribution in [0.1, 0.15) is 36.9 Å². The Bertz CT molecular complexity index is 680. The Hall–Kier alpha value is -2.63. The van der Waals surface area contributed by atoms with Crippen LogP contribution in [0, 0.1) is 0 Å². The van der Waals surface area contributed by atoms with Gasteiger partial charge in [-0.25, -0.2) is 9.78 Å². The summed E-state index contributed by atoms with van der Waals surface area (Å²) in [4.78, 5) is 27.9. The van der Waals surface area contributed by atoms with Gasteiger partial charge in [-0.15, -0.1) is 0 Å². The van der Waals surface area contributed by atoms with Crippen molar-refractivity contribution in [3.05, 3.63) is 54.1 Å². The van der Waals surface area contributed by atoms with Crippen molar-refractivity contribution in [2.24, 2.45) is 0 Å². The second-order valence-electron chi connectivity index (χ2n) is 5.09. The van der Waals surface area contributed by atoms with Gasteiger partial charge >= 0.3 is 11.9 Å². The largest absolute Gasteiger partial charge is 0.451 e. The lowest BCUT2D eigenvalue weighted by atomic mass is 10.1. The first kappa shape index (κ1) is 14.3. The fourth-order valence-corrected chi connectivity index (χ4v) is 2.54. The van der Waals surface area contributed by atoms with Gasteiger partial charge in [-0.2, -0.15) is 0 Å². The van der Waals surface area contributed by atoms with Gasteiger partial charge in [0, 0.05) is 37.8 Å². The maximum Gasteiger partial charge on any atom is 0.352 e. The van der Waals surface area contributed by atoms with Gasteiger partial charge in [0.2, 0.25) is 6.10 Å². The highest BCUT2D eigenvalue weighted by Gasteiger charge is 2.32. The molecule has 2 heterocycles. The fourth-order valence-electron chi connectivity index (χ4n) is 2.54. The van der Waals surface area contributed by atoms with Gasteiger partial charge in [-0.05, 0) is 0 Å². The molecule has 0 fully saturated rings. The van der Waals surface area contributed by atoms with E-state index in [1.807, 2.05) is 16.8 Å². The summed E-state index contributed by atoms with van der Waals surface area (Å²) in [6.45, 7) is 2.03. The fraction of sp³-hybridized carbons (Fsp3) is 0.312. The highest BCUT2D eigenvalue weighted by molar-refractivity contribution is 5.80. The van der Waals surface area contributed by atoms with Gasteiger partial charge in [0.05, 0.1) is 0 Å². The number of aryl methyl sites for hydroxylation is 1. The zero-order valence-corrected chi connectivity index (χ0v) is 12.1. The topological polar surface area (TPSA) is 70.4 Å². The van der Waals surface area contributed by atoms with E-state index in [0.29, 0.717) is 12.0 Å². The minimum absolute atomic E-state index is 0.399. The predicted molar refractivity (Wildman–Crippen MR) is 76.6 cm³/mol. The van der Waals surface area contributed by atoms with Gasteiger partial charge in [0.1, 0.15) is 5.82 Å². The molecule has 6 nitrogen and oxygen atoms in total. The van der Waals surface area contributed by atoms with E-state index < -0.39 is 24.1 Å². The number of fused-ring (bicyclic) bond motifs is 1. The van der Waals surface area contributed by atoms with Crippen molar-refractivity contribution in [2.45, 2.75) is 32.1 Å². The van der Waals surface area contributed by atoms with E-state index in [9.17, 15) is 9.59 Å². The molecule has 0 aliphatic carbocycles. The molecular weight excluding hydrogens is 284 g/mol. The SMILES string of the molecule is CC(=O)O[C@H](C(=O)O[C@@H]1CCn2ccnc21)c1ccccc1. The lowest BCUT2D eigenvalue weighted by Gasteiger charge is -2.18. The maximum absolute atomic E-state index is 12.4. The third-order valence-corrected chi connectivity index (χ3v) is 3.53. The lowest BCUT2D eigenvalue weighted by molar-refractivity contribution is -0.171. The van der Waals surface area contributed by atoms with Crippen molar-refractivity contribution < 1.29 is 19.1 Å². The molecule has 0 saturated heterocycles. The molecule has 0 bridgehead atoms. The normalized spacial score (nSPS) is 17.6. The van der Waals surface area contributed by atoms with Crippen LogP contribution in [0.4, 0.5) is 0 Å². The van der Waals surface area contributed by atoms with E-state index in [2.05, 4.69) is 4.98 Å². The number of carbonyl (C=O) groups excluding carboxylic acids is 2. The third-order valence-electron chi connectivity index (χ3n) is 3.53. The van der Waals surface area contributed by atoms with E-state index in [0.717, 1.165) is 12.4 Å². The van der Waals surface area contributed by atoms with Crippen LogP contribution in [0.5, 0.6) is 0 Å². The van der Waals surface area contributed by atoms with Crippen molar-refractivity contribution in [3.63, 3.8) is 0 Å². The number of esters is 2. The molecular formula is C16H16N2O4. The number of rotatable bonds is 4. The van der Waals surface area contributed by atoms with Crippen LogP contribution >= 0.6 is 0 Å². The lowest BCUT2D eigenvalue weighted by Crippen LogP contribution is -2.22. The summed E-state index contributed by atoms with van der Waals surface area (Å²) >= 11 is 0. The standard InChI is InChI=1S/C16H16N2O4/c1-11(19)21-14(12-5-3-2-4-6-12)16(20)22-13-7-9-18-10-8-17-15(13)18/h2-6,8,10,13-14H,7,9H2,1H3/t13-,14+/m1/s1. The first-order valence-corrected chi connectivity index (χ1v) is 7.09. The van der Waals surface area contributed by atoms with Gasteiger partial charge in [0.25, 0.3) is 0 Å². The maximum atomic E-state index is 12.4. The van der Waals surface area contributed by atoms with Gasteiger partial charge in [-0.1, -0.05) is 30.3 Å². The number of imidazole rings is 1. The first-order valence-electron chi connectivity index (χ1n) is 7.09. The van der Waals surface area contributed by atoms with Crippen LogP contribution < -0.4 is 0 Å². The quantitative estimate of drug-likeness (QED) is 0.809. The molecule has 0 radical (unpaired) electrons. The molecule has 1 aromatic carbocycles. The zero-order chi connectivity index (χ0) is 15.5. The molecule has 2 aromatic rings. The number of aromatic nitrogens is 2. The first-order chi connectivity index (χ1) is 10.6. The van der Waals surface area contributed by atoms with Crippen LogP contribution in [0.3, 0.4) is 0 Å². The van der Waals surface area contributed by atoms with Crippen molar-refractivity contribution in [2.75, 3.05) is 0 Å². The van der Waals surface area contributed by atoms with Gasteiger partial charge < -0.3 is 14.0 Å². The molecule has 22 heavy (non-hydrogen) atoms. The van der Waals surface area contributed by atoms with Crippen molar-refractivity contribution in [1.29, 1.82) is 0 Å². The minimum Gasteiger partial charge on any atom is -0.451 e. The van der Waals surface area contributed by atoms with E-state index in [1.54, 1.807) is 30.5 Å². The Morgan fingerprint density at radius 1 is 1.32 bits per heavy atom. The highest BCUT2D eigenvalue weighted by Crippen LogP contribution is 2.30. The smallest absolute Gasteiger partial charge is 0.352 e. The number of hydrogen-bond acceptors (Lipinski definition) is 5. The van der Waals surface area contributed by atoms with Crippen LogP contribution in [-0.4, -0.2) is 21.5 Å². The predicted octanol–water partition coefficient (Wildman–Crippen LogP) is 2.18. The zero-order valence-electron chi connectivity index (χ0n) is 12.1. The summed E-state index contributed by atoms with van der Waals surface area (Å²) in [6.07, 6.45) is 2.75. The molecule has 2 atom stereocenters. The Kier molecular flexibility index (Phi) is 3.91. The van der Waals surface area contributed by atoms with Gasteiger partial charge in [0.15, 0.2) is 6.10 Å². The van der Waals surface area contributed by atoms with E-state index in [4.69, 9.17) is 9.47 Å². The molecule has 1 aromatic heterocycles. The number of hydrogen-bond donors (Lipinski definition) is 0. The molecule has 0 amide bonds. The Balaban J connectivity index is 1.77. The average molecular weight is 300 g/mol. The van der Waals surface area contributed by atoms with Crippen LogP contribution in [0.25, 0.3) is 0 Å². The molecule has 0 N–H and O–H groups in total. The Morgan fingerprint density at radius 2 is 2.09 bits per heavy atom. The average Bonchev–Trinajstić information content (AvgIpc) is 3.10. The summed E-state index contributed by atoms with van der Waals surface area (Å²) in [6, 6.07) is 8.84. The molecule has 3 rings (SSSR count). The number of nitrogens with zero attached hydrogens (tertiary/aromatic N) is 2. The summed E-state index contributed by atoms with van der Waals surface area (Å²) in [5.41, 5.74) is 0.587. The summed E-state index contributed by atoms with van der Waals surface area (Å²) in [7, 11) is 0. The molecule has 0 saturated carbocycles. The van der Waals surface area contributed by atoms with Crippen molar-refractivity contribution >= 4 is 11.9 Å².